The number of amides is 2. The van der Waals surface area contributed by atoms with E-state index in [4.69, 9.17) is 9.15 Å². The number of nitrogens with zero attached hydrogens (tertiary/aromatic N) is 3. The number of anilines is 2. The van der Waals surface area contributed by atoms with Gasteiger partial charge in [-0.15, -0.1) is 0 Å². The molecule has 3 heterocycles. The molecule has 0 unspecified atom stereocenters. The van der Waals surface area contributed by atoms with Crippen LogP contribution < -0.4 is 15.5 Å². The third-order valence-electron chi connectivity index (χ3n) is 5.53. The average molecular weight is 427 g/mol. The van der Waals surface area contributed by atoms with Crippen LogP contribution in [0.25, 0.3) is 11.0 Å². The van der Waals surface area contributed by atoms with Gasteiger partial charge in [-0.05, 0) is 31.0 Å². The number of methoxy groups -OCH3 is 1. The number of hydrogen-bond donors (Lipinski definition) is 2. The standard InChI is InChI=1S/C22H26FN5O3/c1-12(2)19(20-13(3)17-7-14(23)5-6-18(17)31-20)27-22(29)26-15-8-24-21(25-9-15)28-10-16(11-28)30-4/h5-9,12,16,19H,10-11H2,1-4H3,(H2,26,27,29)/t19-/m0/s1. The van der Waals surface area contributed by atoms with Crippen molar-refractivity contribution in [2.24, 2.45) is 5.92 Å². The average Bonchev–Trinajstić information content (AvgIpc) is 3.02. The van der Waals surface area contributed by atoms with Crippen LogP contribution in [0.15, 0.2) is 35.0 Å². The summed E-state index contributed by atoms with van der Waals surface area (Å²) in [5.74, 6) is 0.940. The number of urea groups is 1. The van der Waals surface area contributed by atoms with Gasteiger partial charge in [0, 0.05) is 31.1 Å². The van der Waals surface area contributed by atoms with Crippen molar-refractivity contribution in [1.29, 1.82) is 0 Å². The second-order valence-corrected chi connectivity index (χ2v) is 8.09. The van der Waals surface area contributed by atoms with Crippen molar-refractivity contribution >= 4 is 28.6 Å². The first-order valence-electron chi connectivity index (χ1n) is 10.2. The fourth-order valence-corrected chi connectivity index (χ4v) is 3.65. The molecule has 8 nitrogen and oxygen atoms in total. The largest absolute Gasteiger partial charge is 0.459 e. The maximum Gasteiger partial charge on any atom is 0.319 e. The Morgan fingerprint density at radius 1 is 1.29 bits per heavy atom. The SMILES string of the molecule is COC1CN(c2ncc(NC(=O)N[C@H](c3oc4ccc(F)cc4c3C)C(C)C)cn2)C1. The van der Waals surface area contributed by atoms with Gasteiger partial charge in [-0.1, -0.05) is 13.8 Å². The minimum atomic E-state index is -0.399. The first-order chi connectivity index (χ1) is 14.9. The Morgan fingerprint density at radius 2 is 2.00 bits per heavy atom. The third-order valence-corrected chi connectivity index (χ3v) is 5.53. The number of hydrogen-bond acceptors (Lipinski definition) is 6. The lowest BCUT2D eigenvalue weighted by atomic mass is 9.98. The van der Waals surface area contributed by atoms with E-state index in [0.29, 0.717) is 28.4 Å². The highest BCUT2D eigenvalue weighted by Crippen LogP contribution is 2.33. The van der Waals surface area contributed by atoms with E-state index in [1.807, 2.05) is 25.7 Å². The minimum absolute atomic E-state index is 0.0497. The highest BCUT2D eigenvalue weighted by molar-refractivity contribution is 5.89. The molecular weight excluding hydrogens is 401 g/mol. The highest BCUT2D eigenvalue weighted by Gasteiger charge is 2.28. The zero-order valence-electron chi connectivity index (χ0n) is 18.0. The molecular formula is C22H26FN5O3. The number of rotatable bonds is 6. The molecule has 1 aliphatic rings. The molecule has 1 atom stereocenters. The van der Waals surface area contributed by atoms with Crippen LogP contribution in [0.3, 0.4) is 0 Å². The van der Waals surface area contributed by atoms with Gasteiger partial charge in [-0.2, -0.15) is 0 Å². The Hall–Kier alpha value is -3.20. The molecule has 2 N–H and O–H groups in total. The van der Waals surface area contributed by atoms with E-state index in [1.165, 1.54) is 12.1 Å². The summed E-state index contributed by atoms with van der Waals surface area (Å²) >= 11 is 0. The predicted molar refractivity (Wildman–Crippen MR) is 116 cm³/mol. The minimum Gasteiger partial charge on any atom is -0.459 e. The molecule has 0 spiro atoms. The highest BCUT2D eigenvalue weighted by atomic mass is 19.1. The van der Waals surface area contributed by atoms with E-state index in [0.717, 1.165) is 18.7 Å². The molecule has 164 valence electrons. The summed E-state index contributed by atoms with van der Waals surface area (Å²) in [4.78, 5) is 23.3. The number of fused-ring (bicyclic) bond motifs is 1. The first-order valence-corrected chi connectivity index (χ1v) is 10.2. The van der Waals surface area contributed by atoms with Crippen LogP contribution in [-0.4, -0.2) is 42.3 Å². The van der Waals surface area contributed by atoms with Gasteiger partial charge in [-0.25, -0.2) is 19.2 Å². The maximum atomic E-state index is 13.6. The van der Waals surface area contributed by atoms with E-state index in [-0.39, 0.29) is 23.9 Å². The van der Waals surface area contributed by atoms with Crippen LogP contribution in [0.2, 0.25) is 0 Å². The molecule has 0 aliphatic carbocycles. The number of ether oxygens (including phenoxy) is 1. The van der Waals surface area contributed by atoms with E-state index in [1.54, 1.807) is 25.6 Å². The molecule has 0 bridgehead atoms. The topological polar surface area (TPSA) is 92.5 Å². The third kappa shape index (κ3) is 4.32. The van der Waals surface area contributed by atoms with Gasteiger partial charge in [0.2, 0.25) is 5.95 Å². The molecule has 1 aromatic carbocycles. The van der Waals surface area contributed by atoms with Crippen molar-refractivity contribution in [2.45, 2.75) is 32.9 Å². The number of nitrogens with one attached hydrogen (secondary N) is 2. The van der Waals surface area contributed by atoms with Crippen LogP contribution >= 0.6 is 0 Å². The molecule has 1 aliphatic heterocycles. The summed E-state index contributed by atoms with van der Waals surface area (Å²) in [6.45, 7) is 7.33. The Bertz CT molecular complexity index is 1080. The van der Waals surface area contributed by atoms with Gasteiger partial charge in [-0.3, -0.25) is 0 Å². The lowest BCUT2D eigenvalue weighted by molar-refractivity contribution is 0.0778. The van der Waals surface area contributed by atoms with Gasteiger partial charge < -0.3 is 24.7 Å². The Balaban J connectivity index is 1.44. The number of benzene rings is 1. The van der Waals surface area contributed by atoms with Crippen molar-refractivity contribution in [1.82, 2.24) is 15.3 Å². The van der Waals surface area contributed by atoms with E-state index in [9.17, 15) is 9.18 Å². The Labute approximate surface area is 179 Å². The summed E-state index contributed by atoms with van der Waals surface area (Å²) in [5, 5.41) is 6.41. The van der Waals surface area contributed by atoms with Crippen LogP contribution in [0.1, 0.15) is 31.2 Å². The van der Waals surface area contributed by atoms with Gasteiger partial charge in [0.05, 0.1) is 30.2 Å². The smallest absolute Gasteiger partial charge is 0.319 e. The molecule has 1 saturated heterocycles. The van der Waals surface area contributed by atoms with Gasteiger partial charge >= 0.3 is 6.03 Å². The molecule has 1 fully saturated rings. The maximum absolute atomic E-state index is 13.6. The lowest BCUT2D eigenvalue weighted by Gasteiger charge is -2.37. The van der Waals surface area contributed by atoms with Crippen LogP contribution in [0, 0.1) is 18.7 Å². The van der Waals surface area contributed by atoms with Crippen molar-refractivity contribution < 1.29 is 18.3 Å². The number of carbonyl (C=O) groups excluding carboxylic acids is 1. The molecule has 0 radical (unpaired) electrons. The van der Waals surface area contributed by atoms with Crippen molar-refractivity contribution in [2.75, 3.05) is 30.4 Å². The normalized spacial score (nSPS) is 15.2. The van der Waals surface area contributed by atoms with E-state index >= 15 is 0 Å². The molecule has 2 aromatic heterocycles. The molecule has 31 heavy (non-hydrogen) atoms. The molecule has 2 amide bonds. The quantitative estimate of drug-likeness (QED) is 0.617. The number of aromatic nitrogens is 2. The number of halogens is 1. The van der Waals surface area contributed by atoms with Gasteiger partial charge in [0.15, 0.2) is 0 Å². The summed E-state index contributed by atoms with van der Waals surface area (Å²) in [5.41, 5.74) is 1.88. The summed E-state index contributed by atoms with van der Waals surface area (Å²) in [6, 6.07) is 3.62. The number of furan rings is 1. The first kappa shape index (κ1) is 21.0. The van der Waals surface area contributed by atoms with Crippen LogP contribution in [-0.2, 0) is 4.74 Å². The van der Waals surface area contributed by atoms with Crippen LogP contribution in [0.4, 0.5) is 20.8 Å². The monoisotopic (exact) mass is 427 g/mol. The van der Waals surface area contributed by atoms with Crippen LogP contribution in [0.5, 0.6) is 0 Å². The van der Waals surface area contributed by atoms with E-state index < -0.39 is 6.03 Å². The summed E-state index contributed by atoms with van der Waals surface area (Å²) < 4.78 is 24.8. The van der Waals surface area contributed by atoms with Crippen molar-refractivity contribution in [3.05, 3.63) is 47.7 Å². The fraction of sp³-hybridized carbons (Fsp3) is 0.409. The van der Waals surface area contributed by atoms with Crippen molar-refractivity contribution in [3.63, 3.8) is 0 Å². The second kappa shape index (κ2) is 8.50. The van der Waals surface area contributed by atoms with Gasteiger partial charge in [0.1, 0.15) is 17.2 Å². The lowest BCUT2D eigenvalue weighted by Crippen LogP contribution is -2.52. The Kier molecular flexibility index (Phi) is 5.77. The molecule has 4 rings (SSSR count). The Morgan fingerprint density at radius 3 is 2.65 bits per heavy atom. The van der Waals surface area contributed by atoms with Crippen molar-refractivity contribution in [3.8, 4) is 0 Å². The number of aryl methyl sites for hydroxylation is 1. The molecule has 0 saturated carbocycles. The zero-order chi connectivity index (χ0) is 22.1. The predicted octanol–water partition coefficient (Wildman–Crippen LogP) is 4.02. The molecule has 3 aromatic rings. The molecule has 9 heteroatoms. The van der Waals surface area contributed by atoms with Gasteiger partial charge in [0.25, 0.3) is 0 Å². The van der Waals surface area contributed by atoms with E-state index in [2.05, 4.69) is 20.6 Å². The number of carbonyl (C=O) groups is 1. The summed E-state index contributed by atoms with van der Waals surface area (Å²) in [6.07, 6.45) is 3.35. The fourth-order valence-electron chi connectivity index (χ4n) is 3.65. The second-order valence-electron chi connectivity index (χ2n) is 8.09. The summed E-state index contributed by atoms with van der Waals surface area (Å²) in [7, 11) is 1.68. The zero-order valence-corrected chi connectivity index (χ0v) is 18.0.